The third-order valence-corrected chi connectivity index (χ3v) is 2.71. The van der Waals surface area contributed by atoms with E-state index < -0.39 is 0 Å². The Kier molecular flexibility index (Phi) is 3.73. The second-order valence-corrected chi connectivity index (χ2v) is 4.14. The summed E-state index contributed by atoms with van der Waals surface area (Å²) in [6.45, 7) is 3.97. The molecule has 1 aromatic rings. The van der Waals surface area contributed by atoms with Crippen molar-refractivity contribution in [2.24, 2.45) is 5.92 Å². The van der Waals surface area contributed by atoms with Crippen LogP contribution in [-0.4, -0.2) is 5.38 Å². The van der Waals surface area contributed by atoms with Crippen molar-refractivity contribution < 1.29 is 4.39 Å². The van der Waals surface area contributed by atoms with Gasteiger partial charge in [-0.1, -0.05) is 25.1 Å². The molecule has 0 nitrogen and oxygen atoms in total. The van der Waals surface area contributed by atoms with Crippen molar-refractivity contribution in [3.8, 4) is 0 Å². The second-order valence-electron chi connectivity index (χ2n) is 3.45. The van der Waals surface area contributed by atoms with E-state index in [9.17, 15) is 4.39 Å². The Morgan fingerprint density at radius 3 is 2.46 bits per heavy atom. The van der Waals surface area contributed by atoms with Gasteiger partial charge in [0, 0.05) is 5.38 Å². The van der Waals surface area contributed by atoms with E-state index in [1.54, 1.807) is 6.07 Å². The number of rotatable bonds is 3. The van der Waals surface area contributed by atoms with E-state index in [0.717, 1.165) is 5.56 Å². The van der Waals surface area contributed by atoms with Crippen molar-refractivity contribution in [3.05, 3.63) is 35.6 Å². The second kappa shape index (κ2) is 4.61. The smallest absolute Gasteiger partial charge is 0.126 e. The Morgan fingerprint density at radius 1 is 1.31 bits per heavy atom. The summed E-state index contributed by atoms with van der Waals surface area (Å²) in [6, 6.07) is 6.85. The topological polar surface area (TPSA) is 0 Å². The van der Waals surface area contributed by atoms with Gasteiger partial charge in [0.2, 0.25) is 0 Å². The summed E-state index contributed by atoms with van der Waals surface area (Å²) in [5, 5.41) is 0.0830. The van der Waals surface area contributed by atoms with Gasteiger partial charge >= 0.3 is 0 Å². The molecule has 0 aliphatic heterocycles. The standard InChI is InChI=1S/C11H14ClF/c1-8(9(2)12)7-10-5-3-4-6-11(10)13/h3-6,8-9H,7H2,1-2H3. The van der Waals surface area contributed by atoms with Gasteiger partial charge in [-0.3, -0.25) is 0 Å². The molecule has 0 aliphatic carbocycles. The predicted molar refractivity (Wildman–Crippen MR) is 54.6 cm³/mol. The van der Waals surface area contributed by atoms with Gasteiger partial charge in [0.15, 0.2) is 0 Å². The molecule has 2 atom stereocenters. The van der Waals surface area contributed by atoms with E-state index in [1.807, 2.05) is 26.0 Å². The van der Waals surface area contributed by atoms with Gasteiger partial charge in [-0.2, -0.15) is 0 Å². The molecule has 1 rings (SSSR count). The highest BCUT2D eigenvalue weighted by atomic mass is 35.5. The van der Waals surface area contributed by atoms with Gasteiger partial charge in [-0.25, -0.2) is 4.39 Å². The third-order valence-electron chi connectivity index (χ3n) is 2.28. The summed E-state index contributed by atoms with van der Waals surface area (Å²) in [5.41, 5.74) is 0.752. The van der Waals surface area contributed by atoms with Gasteiger partial charge in [-0.05, 0) is 30.9 Å². The molecule has 0 heterocycles. The first kappa shape index (κ1) is 10.5. The minimum absolute atomic E-state index is 0.0830. The van der Waals surface area contributed by atoms with Crippen LogP contribution in [0.3, 0.4) is 0 Å². The Balaban J connectivity index is 2.69. The van der Waals surface area contributed by atoms with Crippen LogP contribution in [-0.2, 0) is 6.42 Å². The van der Waals surface area contributed by atoms with Crippen molar-refractivity contribution in [3.63, 3.8) is 0 Å². The van der Waals surface area contributed by atoms with Crippen LogP contribution in [0.1, 0.15) is 19.4 Å². The number of benzene rings is 1. The van der Waals surface area contributed by atoms with Crippen molar-refractivity contribution in [1.29, 1.82) is 0 Å². The molecule has 72 valence electrons. The van der Waals surface area contributed by atoms with E-state index in [0.29, 0.717) is 12.3 Å². The first-order valence-corrected chi connectivity index (χ1v) is 4.92. The van der Waals surface area contributed by atoms with E-state index in [-0.39, 0.29) is 11.2 Å². The molecule has 0 amide bonds. The third kappa shape index (κ3) is 3.00. The summed E-state index contributed by atoms with van der Waals surface area (Å²) >= 11 is 5.91. The molecule has 0 saturated heterocycles. The number of alkyl halides is 1. The van der Waals surface area contributed by atoms with Crippen molar-refractivity contribution >= 4 is 11.6 Å². The maximum atomic E-state index is 13.2. The van der Waals surface area contributed by atoms with Crippen LogP contribution in [0, 0.1) is 11.7 Å². The highest BCUT2D eigenvalue weighted by Crippen LogP contribution is 2.17. The lowest BCUT2D eigenvalue weighted by Gasteiger charge is -2.13. The summed E-state index contributed by atoms with van der Waals surface area (Å²) in [5.74, 6) is 0.172. The fourth-order valence-electron chi connectivity index (χ4n) is 1.17. The van der Waals surface area contributed by atoms with Crippen LogP contribution < -0.4 is 0 Å². The summed E-state index contributed by atoms with van der Waals surface area (Å²) < 4.78 is 13.2. The average Bonchev–Trinajstić information content (AvgIpc) is 2.08. The largest absolute Gasteiger partial charge is 0.207 e. The zero-order chi connectivity index (χ0) is 9.84. The highest BCUT2D eigenvalue weighted by Gasteiger charge is 2.11. The Labute approximate surface area is 83.7 Å². The van der Waals surface area contributed by atoms with Crippen LogP contribution >= 0.6 is 11.6 Å². The summed E-state index contributed by atoms with van der Waals surface area (Å²) in [6.07, 6.45) is 0.706. The molecule has 1 aromatic carbocycles. The molecule has 0 radical (unpaired) electrons. The van der Waals surface area contributed by atoms with E-state index in [1.165, 1.54) is 6.07 Å². The maximum Gasteiger partial charge on any atom is 0.126 e. The lowest BCUT2D eigenvalue weighted by atomic mass is 9.98. The molecular formula is C11H14ClF. The summed E-state index contributed by atoms with van der Waals surface area (Å²) in [7, 11) is 0. The van der Waals surface area contributed by atoms with E-state index >= 15 is 0 Å². The maximum absolute atomic E-state index is 13.2. The van der Waals surface area contributed by atoms with Crippen LogP contribution in [0.15, 0.2) is 24.3 Å². The molecule has 0 bridgehead atoms. The van der Waals surface area contributed by atoms with Gasteiger partial charge in [-0.15, -0.1) is 11.6 Å². The molecule has 2 heteroatoms. The lowest BCUT2D eigenvalue weighted by Crippen LogP contribution is -2.11. The average molecular weight is 201 g/mol. The first-order chi connectivity index (χ1) is 6.11. The number of hydrogen-bond acceptors (Lipinski definition) is 0. The van der Waals surface area contributed by atoms with Crippen LogP contribution in [0.2, 0.25) is 0 Å². The molecular weight excluding hydrogens is 187 g/mol. The van der Waals surface area contributed by atoms with Crippen LogP contribution in [0.25, 0.3) is 0 Å². The fraction of sp³-hybridized carbons (Fsp3) is 0.455. The molecule has 13 heavy (non-hydrogen) atoms. The zero-order valence-electron chi connectivity index (χ0n) is 7.93. The van der Waals surface area contributed by atoms with Gasteiger partial charge in [0.05, 0.1) is 0 Å². The quantitative estimate of drug-likeness (QED) is 0.654. The van der Waals surface area contributed by atoms with Crippen LogP contribution in [0.4, 0.5) is 4.39 Å². The highest BCUT2D eigenvalue weighted by molar-refractivity contribution is 6.20. The molecule has 0 aromatic heterocycles. The fourth-order valence-corrected chi connectivity index (χ4v) is 1.26. The summed E-state index contributed by atoms with van der Waals surface area (Å²) in [4.78, 5) is 0. The minimum Gasteiger partial charge on any atom is -0.207 e. The lowest BCUT2D eigenvalue weighted by molar-refractivity contribution is 0.536. The molecule has 0 aliphatic rings. The molecule has 0 saturated carbocycles. The van der Waals surface area contributed by atoms with Crippen molar-refractivity contribution in [2.45, 2.75) is 25.6 Å². The predicted octanol–water partition coefficient (Wildman–Crippen LogP) is 3.63. The molecule has 0 N–H and O–H groups in total. The Morgan fingerprint density at radius 2 is 1.92 bits per heavy atom. The van der Waals surface area contributed by atoms with Crippen molar-refractivity contribution in [1.82, 2.24) is 0 Å². The van der Waals surface area contributed by atoms with E-state index in [4.69, 9.17) is 11.6 Å². The SMILES string of the molecule is CC(Cl)C(C)Cc1ccccc1F. The zero-order valence-corrected chi connectivity index (χ0v) is 8.68. The van der Waals surface area contributed by atoms with Gasteiger partial charge in [0.25, 0.3) is 0 Å². The molecule has 0 fully saturated rings. The first-order valence-electron chi connectivity index (χ1n) is 4.48. The Hall–Kier alpha value is -0.560. The van der Waals surface area contributed by atoms with Gasteiger partial charge < -0.3 is 0 Å². The van der Waals surface area contributed by atoms with Gasteiger partial charge in [0.1, 0.15) is 5.82 Å². The molecule has 2 unspecified atom stereocenters. The minimum atomic E-state index is -0.133. The van der Waals surface area contributed by atoms with E-state index in [2.05, 4.69) is 0 Å². The Bertz CT molecular complexity index is 271. The molecule has 0 spiro atoms. The number of halogens is 2. The van der Waals surface area contributed by atoms with Crippen molar-refractivity contribution in [2.75, 3.05) is 0 Å². The normalized spacial score (nSPS) is 15.4. The number of hydrogen-bond donors (Lipinski definition) is 0. The monoisotopic (exact) mass is 200 g/mol. The van der Waals surface area contributed by atoms with Crippen LogP contribution in [0.5, 0.6) is 0 Å².